The van der Waals surface area contributed by atoms with Gasteiger partial charge in [-0.3, -0.25) is 4.98 Å². The molecule has 0 amide bonds. The van der Waals surface area contributed by atoms with Gasteiger partial charge in [0, 0.05) is 12.4 Å². The lowest BCUT2D eigenvalue weighted by Crippen LogP contribution is -2.05. The molecule has 0 unspecified atom stereocenters. The van der Waals surface area contributed by atoms with Crippen LogP contribution < -0.4 is 0 Å². The number of nitrogens with zero attached hydrogens (tertiary/aromatic N) is 3. The Balaban J connectivity index is 2.03. The zero-order valence-electron chi connectivity index (χ0n) is 11.3. The van der Waals surface area contributed by atoms with Crippen LogP contribution in [0.15, 0.2) is 36.7 Å². The van der Waals surface area contributed by atoms with Crippen LogP contribution in [-0.2, 0) is 12.7 Å². The summed E-state index contributed by atoms with van der Waals surface area (Å²) in [6.07, 6.45) is -2.10. The Morgan fingerprint density at radius 2 is 1.91 bits per heavy atom. The molecular formula is C14H8Cl2F3N3S. The predicted octanol–water partition coefficient (Wildman–Crippen LogP) is 5.38. The molecule has 0 bridgehead atoms. The number of pyridine rings is 1. The summed E-state index contributed by atoms with van der Waals surface area (Å²) < 4.78 is 40.8. The van der Waals surface area contributed by atoms with Crippen LogP contribution >= 0.6 is 34.5 Å². The van der Waals surface area contributed by atoms with Crippen molar-refractivity contribution in [2.75, 3.05) is 0 Å². The molecule has 0 aliphatic heterocycles. The van der Waals surface area contributed by atoms with Gasteiger partial charge in [0.1, 0.15) is 0 Å². The van der Waals surface area contributed by atoms with E-state index in [1.165, 1.54) is 22.1 Å². The van der Waals surface area contributed by atoms with Gasteiger partial charge in [-0.15, -0.1) is 11.3 Å². The standard InChI is InChI=1S/C14H8Cl2F3N3S/c15-8-1-2-9(20-5-8)6-22-7-11(14(17,18)19)21-13(22)10-3-4-12(16)23-10/h1-5,7H,6H2. The van der Waals surface area contributed by atoms with E-state index in [0.29, 0.717) is 19.9 Å². The SMILES string of the molecule is FC(F)(F)c1cn(Cc2ccc(Cl)cn2)c(-c2ccc(Cl)s2)n1. The van der Waals surface area contributed by atoms with Crippen molar-refractivity contribution in [3.63, 3.8) is 0 Å². The highest BCUT2D eigenvalue weighted by atomic mass is 35.5. The molecule has 0 atom stereocenters. The molecule has 0 spiro atoms. The van der Waals surface area contributed by atoms with Gasteiger partial charge in [0.25, 0.3) is 0 Å². The topological polar surface area (TPSA) is 30.7 Å². The Morgan fingerprint density at radius 1 is 1.13 bits per heavy atom. The Kier molecular flexibility index (Phi) is 4.35. The quantitative estimate of drug-likeness (QED) is 0.613. The third kappa shape index (κ3) is 3.68. The maximum absolute atomic E-state index is 13.0. The second-order valence-corrected chi connectivity index (χ2v) is 6.80. The summed E-state index contributed by atoms with van der Waals surface area (Å²) in [7, 11) is 0. The number of rotatable bonds is 3. The second kappa shape index (κ2) is 6.14. The van der Waals surface area contributed by atoms with Crippen LogP contribution in [0.3, 0.4) is 0 Å². The minimum Gasteiger partial charge on any atom is -0.324 e. The molecule has 120 valence electrons. The summed E-state index contributed by atoms with van der Waals surface area (Å²) in [4.78, 5) is 8.37. The van der Waals surface area contributed by atoms with Crippen molar-refractivity contribution >= 4 is 34.5 Å². The number of hydrogen-bond donors (Lipinski definition) is 0. The number of aromatic nitrogens is 3. The zero-order valence-corrected chi connectivity index (χ0v) is 13.6. The molecule has 3 nitrogen and oxygen atoms in total. The van der Waals surface area contributed by atoms with Gasteiger partial charge in [-0.25, -0.2) is 4.98 Å². The van der Waals surface area contributed by atoms with Crippen LogP contribution in [0.2, 0.25) is 9.36 Å². The van der Waals surface area contributed by atoms with E-state index < -0.39 is 11.9 Å². The first kappa shape index (κ1) is 16.3. The van der Waals surface area contributed by atoms with Crippen molar-refractivity contribution in [3.05, 3.63) is 57.4 Å². The molecule has 3 aromatic rings. The molecule has 3 aromatic heterocycles. The number of alkyl halides is 3. The van der Waals surface area contributed by atoms with Gasteiger partial charge in [-0.05, 0) is 24.3 Å². The molecular weight excluding hydrogens is 370 g/mol. The van der Waals surface area contributed by atoms with Crippen LogP contribution in [0.5, 0.6) is 0 Å². The molecule has 0 aromatic carbocycles. The van der Waals surface area contributed by atoms with E-state index in [1.54, 1.807) is 24.3 Å². The highest BCUT2D eigenvalue weighted by Crippen LogP contribution is 2.35. The first-order chi connectivity index (χ1) is 10.8. The van der Waals surface area contributed by atoms with Crippen molar-refractivity contribution in [2.45, 2.75) is 12.7 Å². The third-order valence-electron chi connectivity index (χ3n) is 2.98. The number of halogens is 5. The Morgan fingerprint density at radius 3 is 2.48 bits per heavy atom. The number of thiophene rings is 1. The van der Waals surface area contributed by atoms with E-state index in [2.05, 4.69) is 9.97 Å². The molecule has 0 N–H and O–H groups in total. The molecule has 0 aliphatic carbocycles. The average molecular weight is 378 g/mol. The molecule has 0 aliphatic rings. The van der Waals surface area contributed by atoms with Crippen molar-refractivity contribution < 1.29 is 13.2 Å². The molecule has 3 rings (SSSR count). The summed E-state index contributed by atoms with van der Waals surface area (Å²) in [5, 5.41) is 0.459. The minimum absolute atomic E-state index is 0.144. The fraction of sp³-hybridized carbons (Fsp3) is 0.143. The molecule has 0 radical (unpaired) electrons. The number of imidazole rings is 1. The lowest BCUT2D eigenvalue weighted by atomic mass is 10.3. The van der Waals surface area contributed by atoms with Gasteiger partial charge in [-0.2, -0.15) is 13.2 Å². The number of hydrogen-bond acceptors (Lipinski definition) is 3. The minimum atomic E-state index is -4.52. The van der Waals surface area contributed by atoms with E-state index >= 15 is 0 Å². The Bertz CT molecular complexity index is 825. The van der Waals surface area contributed by atoms with Crippen LogP contribution in [-0.4, -0.2) is 14.5 Å². The van der Waals surface area contributed by atoms with E-state index in [4.69, 9.17) is 23.2 Å². The maximum Gasteiger partial charge on any atom is 0.434 e. The van der Waals surface area contributed by atoms with Crippen molar-refractivity contribution in [3.8, 4) is 10.7 Å². The highest BCUT2D eigenvalue weighted by Gasteiger charge is 2.35. The first-order valence-electron chi connectivity index (χ1n) is 6.33. The zero-order chi connectivity index (χ0) is 16.6. The van der Waals surface area contributed by atoms with Gasteiger partial charge in [0.2, 0.25) is 0 Å². The monoisotopic (exact) mass is 377 g/mol. The molecule has 3 heterocycles. The van der Waals surface area contributed by atoms with E-state index in [0.717, 1.165) is 6.20 Å². The van der Waals surface area contributed by atoms with Gasteiger partial charge >= 0.3 is 6.18 Å². The van der Waals surface area contributed by atoms with Gasteiger partial charge in [0.05, 0.1) is 26.5 Å². The lowest BCUT2D eigenvalue weighted by molar-refractivity contribution is -0.140. The van der Waals surface area contributed by atoms with Crippen LogP contribution in [0.25, 0.3) is 10.7 Å². The molecule has 9 heteroatoms. The second-order valence-electron chi connectivity index (χ2n) is 4.65. The molecule has 0 fully saturated rings. The summed E-state index contributed by atoms with van der Waals surface area (Å²) in [5.41, 5.74) is -0.379. The fourth-order valence-corrected chi connectivity index (χ4v) is 3.14. The summed E-state index contributed by atoms with van der Waals surface area (Å²) in [5.74, 6) is 0.200. The fourth-order valence-electron chi connectivity index (χ4n) is 1.98. The Hall–Kier alpha value is -1.57. The maximum atomic E-state index is 13.0. The van der Waals surface area contributed by atoms with Crippen LogP contribution in [0.4, 0.5) is 13.2 Å². The summed E-state index contributed by atoms with van der Waals surface area (Å²) >= 11 is 12.8. The normalized spacial score (nSPS) is 11.9. The molecule has 0 saturated carbocycles. The van der Waals surface area contributed by atoms with Crippen molar-refractivity contribution in [2.24, 2.45) is 0 Å². The largest absolute Gasteiger partial charge is 0.434 e. The lowest BCUT2D eigenvalue weighted by Gasteiger charge is -2.06. The van der Waals surface area contributed by atoms with E-state index in [-0.39, 0.29) is 12.4 Å². The summed E-state index contributed by atoms with van der Waals surface area (Å²) in [6.45, 7) is 0.144. The van der Waals surface area contributed by atoms with Gasteiger partial charge in [-0.1, -0.05) is 23.2 Å². The average Bonchev–Trinajstić information content (AvgIpc) is 3.07. The summed E-state index contributed by atoms with van der Waals surface area (Å²) in [6, 6.07) is 6.55. The van der Waals surface area contributed by atoms with E-state index in [9.17, 15) is 13.2 Å². The van der Waals surface area contributed by atoms with Gasteiger partial charge < -0.3 is 4.57 Å². The van der Waals surface area contributed by atoms with Gasteiger partial charge in [0.15, 0.2) is 11.5 Å². The van der Waals surface area contributed by atoms with E-state index in [1.807, 2.05) is 0 Å². The van der Waals surface area contributed by atoms with Crippen LogP contribution in [0.1, 0.15) is 11.4 Å². The van der Waals surface area contributed by atoms with Crippen LogP contribution in [0, 0.1) is 0 Å². The van der Waals surface area contributed by atoms with Crippen molar-refractivity contribution in [1.82, 2.24) is 14.5 Å². The third-order valence-corrected chi connectivity index (χ3v) is 4.43. The molecule has 0 saturated heterocycles. The predicted molar refractivity (Wildman–Crippen MR) is 83.9 cm³/mol. The Labute approximate surface area is 143 Å². The van der Waals surface area contributed by atoms with Crippen molar-refractivity contribution in [1.29, 1.82) is 0 Å². The molecule has 23 heavy (non-hydrogen) atoms. The first-order valence-corrected chi connectivity index (χ1v) is 7.90. The highest BCUT2D eigenvalue weighted by molar-refractivity contribution is 7.19. The smallest absolute Gasteiger partial charge is 0.324 e.